The molecule has 0 spiro atoms. The molecule has 0 aromatic carbocycles. The number of hydrogen-bond acceptors (Lipinski definition) is 7. The van der Waals surface area contributed by atoms with Crippen molar-refractivity contribution in [3.63, 3.8) is 0 Å². The highest BCUT2D eigenvalue weighted by Gasteiger charge is 2.21. The summed E-state index contributed by atoms with van der Waals surface area (Å²) in [7, 11) is 0. The second-order valence-corrected chi connectivity index (χ2v) is 6.23. The Balaban J connectivity index is 1.34. The van der Waals surface area contributed by atoms with Crippen LogP contribution in [0.15, 0.2) is 30.7 Å². The molecule has 0 atom stereocenters. The van der Waals surface area contributed by atoms with Crippen LogP contribution < -0.4 is 10.6 Å². The van der Waals surface area contributed by atoms with Gasteiger partial charge in [0.25, 0.3) is 0 Å². The average Bonchev–Trinajstić information content (AvgIpc) is 2.98. The van der Waals surface area contributed by atoms with Crippen LogP contribution in [0.5, 0.6) is 0 Å². The van der Waals surface area contributed by atoms with E-state index in [0.29, 0.717) is 17.7 Å². The number of nitrogens with zero attached hydrogens (tertiary/aromatic N) is 6. The average molecular weight is 345 g/mol. The highest BCUT2D eigenvalue weighted by Crippen LogP contribution is 2.24. The number of fused-ring (bicyclic) bond motifs is 1. The van der Waals surface area contributed by atoms with Gasteiger partial charge in [-0.05, 0) is 55.5 Å². The molecule has 4 rings (SSSR count). The van der Waals surface area contributed by atoms with E-state index in [1.54, 1.807) is 12.5 Å². The normalized spacial score (nSPS) is 20.9. The summed E-state index contributed by atoms with van der Waals surface area (Å²) in [5.41, 5.74) is 0.642. The van der Waals surface area contributed by atoms with E-state index in [9.17, 15) is 0 Å². The second kappa shape index (κ2) is 6.56. The van der Waals surface area contributed by atoms with Crippen LogP contribution in [0.1, 0.15) is 25.7 Å². The lowest BCUT2D eigenvalue weighted by Gasteiger charge is -2.30. The van der Waals surface area contributed by atoms with Crippen molar-refractivity contribution in [2.45, 2.75) is 37.8 Å². The van der Waals surface area contributed by atoms with Crippen molar-refractivity contribution in [2.24, 2.45) is 0 Å². The second-order valence-electron chi connectivity index (χ2n) is 5.89. The number of halogens is 1. The van der Waals surface area contributed by atoms with Gasteiger partial charge in [-0.25, -0.2) is 9.97 Å². The molecule has 1 fully saturated rings. The standard InChI is InChI=1S/C15H17ClN8/c16-15-22-21-14-6-5-13(23-24(14)15)20-11-3-1-10(2-4-11)19-12-7-8-17-9-18-12/h5-11H,1-4H2,(H,20,23)(H,17,18,19). The molecule has 0 radical (unpaired) electrons. The van der Waals surface area contributed by atoms with Gasteiger partial charge in [-0.15, -0.1) is 15.3 Å². The number of nitrogens with one attached hydrogen (secondary N) is 2. The van der Waals surface area contributed by atoms with Crippen LogP contribution in [0.3, 0.4) is 0 Å². The third-order valence-electron chi connectivity index (χ3n) is 4.24. The number of rotatable bonds is 4. The molecule has 1 aliphatic carbocycles. The van der Waals surface area contributed by atoms with Crippen LogP contribution in [0, 0.1) is 0 Å². The molecule has 9 heteroatoms. The Hall–Kier alpha value is -2.48. The fourth-order valence-electron chi connectivity index (χ4n) is 3.02. The van der Waals surface area contributed by atoms with Crippen LogP contribution in [0.2, 0.25) is 5.28 Å². The Bertz CT molecular complexity index is 813. The number of aromatic nitrogens is 6. The molecule has 0 amide bonds. The molecular formula is C15H17ClN8. The van der Waals surface area contributed by atoms with Crippen molar-refractivity contribution < 1.29 is 0 Å². The van der Waals surface area contributed by atoms with E-state index in [4.69, 9.17) is 11.6 Å². The maximum atomic E-state index is 5.96. The Morgan fingerprint density at radius 3 is 2.42 bits per heavy atom. The van der Waals surface area contributed by atoms with Gasteiger partial charge in [-0.3, -0.25) is 0 Å². The third kappa shape index (κ3) is 3.23. The van der Waals surface area contributed by atoms with Crippen LogP contribution in [-0.4, -0.2) is 41.9 Å². The highest BCUT2D eigenvalue weighted by atomic mass is 35.5. The van der Waals surface area contributed by atoms with Crippen LogP contribution >= 0.6 is 11.6 Å². The van der Waals surface area contributed by atoms with Gasteiger partial charge in [0.1, 0.15) is 18.0 Å². The van der Waals surface area contributed by atoms with Crippen molar-refractivity contribution in [3.8, 4) is 0 Å². The fourth-order valence-corrected chi connectivity index (χ4v) is 3.18. The smallest absolute Gasteiger partial charge is 0.246 e. The molecule has 2 N–H and O–H groups in total. The zero-order chi connectivity index (χ0) is 16.4. The van der Waals surface area contributed by atoms with Crippen molar-refractivity contribution in [1.82, 2.24) is 29.8 Å². The Morgan fingerprint density at radius 1 is 0.958 bits per heavy atom. The minimum Gasteiger partial charge on any atom is -0.367 e. The lowest BCUT2D eigenvalue weighted by molar-refractivity contribution is 0.427. The van der Waals surface area contributed by atoms with Crippen LogP contribution in [0.25, 0.3) is 5.65 Å². The first-order chi connectivity index (χ1) is 11.8. The summed E-state index contributed by atoms with van der Waals surface area (Å²) in [6.07, 6.45) is 7.61. The zero-order valence-corrected chi connectivity index (χ0v) is 13.7. The van der Waals surface area contributed by atoms with E-state index in [1.807, 2.05) is 18.2 Å². The molecule has 3 aromatic heterocycles. The third-order valence-corrected chi connectivity index (χ3v) is 4.47. The molecule has 0 unspecified atom stereocenters. The van der Waals surface area contributed by atoms with Crippen molar-refractivity contribution in [2.75, 3.05) is 10.6 Å². The summed E-state index contributed by atoms with van der Waals surface area (Å²) in [5, 5.41) is 19.4. The number of hydrogen-bond donors (Lipinski definition) is 2. The quantitative estimate of drug-likeness (QED) is 0.750. The largest absolute Gasteiger partial charge is 0.367 e. The molecule has 1 aliphatic rings. The monoisotopic (exact) mass is 344 g/mol. The summed E-state index contributed by atoms with van der Waals surface area (Å²) >= 11 is 5.96. The van der Waals surface area contributed by atoms with Gasteiger partial charge in [0.15, 0.2) is 5.65 Å². The lowest BCUT2D eigenvalue weighted by atomic mass is 9.91. The molecule has 3 aromatic rings. The minimum atomic E-state index is 0.270. The van der Waals surface area contributed by atoms with E-state index in [2.05, 4.69) is 35.9 Å². The number of anilines is 2. The fraction of sp³-hybridized carbons (Fsp3) is 0.400. The van der Waals surface area contributed by atoms with Crippen LogP contribution in [-0.2, 0) is 0 Å². The summed E-state index contributed by atoms with van der Waals surface area (Å²) in [5.74, 6) is 1.67. The van der Waals surface area contributed by atoms with E-state index < -0.39 is 0 Å². The van der Waals surface area contributed by atoms with Crippen molar-refractivity contribution >= 4 is 28.9 Å². The molecule has 8 nitrogen and oxygen atoms in total. The Morgan fingerprint density at radius 2 is 1.71 bits per heavy atom. The highest BCUT2D eigenvalue weighted by molar-refractivity contribution is 6.28. The van der Waals surface area contributed by atoms with Gasteiger partial charge in [-0.1, -0.05) is 0 Å². The zero-order valence-electron chi connectivity index (χ0n) is 12.9. The van der Waals surface area contributed by atoms with Crippen molar-refractivity contribution in [1.29, 1.82) is 0 Å². The molecular weight excluding hydrogens is 328 g/mol. The SMILES string of the molecule is Clc1nnc2ccc(NC3CCC(Nc4ccncn4)CC3)nn12. The molecule has 124 valence electrons. The molecule has 0 bridgehead atoms. The van der Waals surface area contributed by atoms with Crippen molar-refractivity contribution in [3.05, 3.63) is 36.0 Å². The first kappa shape index (κ1) is 15.1. The maximum Gasteiger partial charge on any atom is 0.246 e. The first-order valence-corrected chi connectivity index (χ1v) is 8.33. The summed E-state index contributed by atoms with van der Waals surface area (Å²) in [6, 6.07) is 6.50. The molecule has 3 heterocycles. The van der Waals surface area contributed by atoms with Gasteiger partial charge in [-0.2, -0.15) is 4.52 Å². The minimum absolute atomic E-state index is 0.270. The van der Waals surface area contributed by atoms with E-state index in [-0.39, 0.29) is 5.28 Å². The molecule has 1 saturated carbocycles. The van der Waals surface area contributed by atoms with Gasteiger partial charge in [0.2, 0.25) is 5.28 Å². The predicted octanol–water partition coefficient (Wildman–Crippen LogP) is 2.40. The van der Waals surface area contributed by atoms with Crippen LogP contribution in [0.4, 0.5) is 11.6 Å². The molecule has 24 heavy (non-hydrogen) atoms. The maximum absolute atomic E-state index is 5.96. The summed E-state index contributed by atoms with van der Waals surface area (Å²) < 4.78 is 1.53. The lowest BCUT2D eigenvalue weighted by Crippen LogP contribution is -2.32. The first-order valence-electron chi connectivity index (χ1n) is 7.95. The summed E-state index contributed by atoms with van der Waals surface area (Å²) in [6.45, 7) is 0. The van der Waals surface area contributed by atoms with E-state index >= 15 is 0 Å². The van der Waals surface area contributed by atoms with Gasteiger partial charge in [0.05, 0.1) is 0 Å². The Kier molecular flexibility index (Phi) is 4.12. The van der Waals surface area contributed by atoms with E-state index in [1.165, 1.54) is 4.52 Å². The van der Waals surface area contributed by atoms with Gasteiger partial charge in [0, 0.05) is 18.3 Å². The van der Waals surface area contributed by atoms with Gasteiger partial charge >= 0.3 is 0 Å². The topological polar surface area (TPSA) is 92.9 Å². The summed E-state index contributed by atoms with van der Waals surface area (Å²) in [4.78, 5) is 8.15. The predicted molar refractivity (Wildman–Crippen MR) is 91.1 cm³/mol. The van der Waals surface area contributed by atoms with Gasteiger partial charge < -0.3 is 10.6 Å². The molecule has 0 aliphatic heterocycles. The van der Waals surface area contributed by atoms with E-state index in [0.717, 1.165) is 37.3 Å². The Labute approximate surface area is 143 Å². The molecule has 0 saturated heterocycles.